The van der Waals surface area contributed by atoms with Crippen molar-refractivity contribution in [3.8, 4) is 17.0 Å². The topological polar surface area (TPSA) is 63.3 Å². The van der Waals surface area contributed by atoms with Gasteiger partial charge in [0.2, 0.25) is 0 Å². The number of fused-ring (bicyclic) bond motifs is 4. The molecule has 4 aromatic carbocycles. The van der Waals surface area contributed by atoms with Gasteiger partial charge in [-0.2, -0.15) is 0 Å². The largest absolute Gasteiger partial charge is 0.507 e. The smallest absolute Gasteiger partial charge is 0.163 e. The first-order chi connectivity index (χ1) is 19.4. The van der Waals surface area contributed by atoms with Crippen LogP contribution in [0.5, 0.6) is 5.75 Å². The summed E-state index contributed by atoms with van der Waals surface area (Å²) in [7, 11) is 0. The van der Waals surface area contributed by atoms with Crippen molar-refractivity contribution in [2.75, 3.05) is 0 Å². The van der Waals surface area contributed by atoms with Crippen LogP contribution in [0.15, 0.2) is 83.4 Å². The number of Topliss-reactive ketones (excluding diaryl/α,β-unsaturated/α-hetero) is 1. The van der Waals surface area contributed by atoms with Gasteiger partial charge in [-0.05, 0) is 84.5 Å². The molecular formula is C36H32IrNO3-. The number of aromatic hydroxyl groups is 1. The maximum atomic E-state index is 10.7. The Morgan fingerprint density at radius 2 is 1.68 bits per heavy atom. The molecule has 0 unspecified atom stereocenters. The number of pyridine rings is 1. The number of aryl methyl sites for hydroxylation is 2. The zero-order chi connectivity index (χ0) is 27.8. The summed E-state index contributed by atoms with van der Waals surface area (Å²) in [6, 6.07) is 27.7. The summed E-state index contributed by atoms with van der Waals surface area (Å²) in [5, 5.41) is 13.8. The van der Waals surface area contributed by atoms with Crippen LogP contribution in [0.4, 0.5) is 0 Å². The van der Waals surface area contributed by atoms with Crippen LogP contribution >= 0.6 is 0 Å². The van der Waals surface area contributed by atoms with Crippen molar-refractivity contribution >= 4 is 38.5 Å². The van der Waals surface area contributed by atoms with Crippen LogP contribution in [0.25, 0.3) is 44.0 Å². The second-order valence-corrected chi connectivity index (χ2v) is 10.9. The van der Waals surface area contributed by atoms with E-state index in [2.05, 4.69) is 68.4 Å². The number of phenolic OH excluding ortho intramolecular Hbond substituents is 1. The van der Waals surface area contributed by atoms with Gasteiger partial charge in [-0.15, -0.1) is 17.7 Å². The van der Waals surface area contributed by atoms with Gasteiger partial charge < -0.3 is 14.5 Å². The molecule has 1 aliphatic carbocycles. The Kier molecular flexibility index (Phi) is 8.39. The van der Waals surface area contributed by atoms with Crippen molar-refractivity contribution < 1.29 is 34.4 Å². The number of phenols is 1. The van der Waals surface area contributed by atoms with E-state index in [1.807, 2.05) is 6.20 Å². The van der Waals surface area contributed by atoms with Crippen molar-refractivity contribution in [1.82, 2.24) is 4.98 Å². The molecule has 0 saturated heterocycles. The summed E-state index contributed by atoms with van der Waals surface area (Å²) in [6.45, 7) is 5.62. The molecular weight excluding hydrogens is 687 g/mol. The third-order valence-corrected chi connectivity index (χ3v) is 7.93. The molecule has 1 saturated carbocycles. The SMILES string of the molecule is CC(=O)c1ccccc1O.Cc1[c-]c(-c2nccc3cc(C4CCCC4)ccc23)c2oc3cc(C)ccc3c2c1.[Ir]. The van der Waals surface area contributed by atoms with E-state index < -0.39 is 0 Å². The maximum Gasteiger partial charge on any atom is 0.163 e. The molecule has 2 aromatic heterocycles. The molecule has 5 heteroatoms. The number of hydrogen-bond donors (Lipinski definition) is 1. The van der Waals surface area contributed by atoms with Crippen molar-refractivity contribution in [2.24, 2.45) is 0 Å². The third kappa shape index (κ3) is 5.70. The fourth-order valence-corrected chi connectivity index (χ4v) is 5.91. The number of aromatic nitrogens is 1. The second-order valence-electron chi connectivity index (χ2n) is 10.9. The number of hydrogen-bond acceptors (Lipinski definition) is 4. The molecule has 2 heterocycles. The van der Waals surface area contributed by atoms with Gasteiger partial charge in [0.05, 0.1) is 11.1 Å². The van der Waals surface area contributed by atoms with Crippen LogP contribution in [0, 0.1) is 19.9 Å². The summed E-state index contributed by atoms with van der Waals surface area (Å²) in [5.41, 5.74) is 7.86. The minimum atomic E-state index is -0.113. The van der Waals surface area contributed by atoms with Crippen LogP contribution in [0.1, 0.15) is 65.6 Å². The summed E-state index contributed by atoms with van der Waals surface area (Å²) in [5.74, 6) is 0.648. The van der Waals surface area contributed by atoms with E-state index in [4.69, 9.17) is 14.5 Å². The number of para-hydroxylation sites is 1. The van der Waals surface area contributed by atoms with Gasteiger partial charge in [0, 0.05) is 31.7 Å². The molecule has 6 aromatic rings. The van der Waals surface area contributed by atoms with Crippen LogP contribution in [0.2, 0.25) is 0 Å². The molecule has 0 amide bonds. The van der Waals surface area contributed by atoms with Gasteiger partial charge in [0.25, 0.3) is 0 Å². The van der Waals surface area contributed by atoms with E-state index in [0.717, 1.165) is 38.8 Å². The number of carbonyl (C=O) groups is 1. The summed E-state index contributed by atoms with van der Waals surface area (Å²) >= 11 is 0. The number of furan rings is 1. The first-order valence-corrected chi connectivity index (χ1v) is 13.9. The molecule has 209 valence electrons. The molecule has 1 N–H and O–H groups in total. The molecule has 41 heavy (non-hydrogen) atoms. The monoisotopic (exact) mass is 719 g/mol. The molecule has 1 fully saturated rings. The summed E-state index contributed by atoms with van der Waals surface area (Å²) in [6.07, 6.45) is 7.26. The Morgan fingerprint density at radius 1 is 0.927 bits per heavy atom. The summed E-state index contributed by atoms with van der Waals surface area (Å²) in [4.78, 5) is 15.5. The number of rotatable bonds is 3. The second kappa shape index (κ2) is 12.0. The van der Waals surface area contributed by atoms with Crippen LogP contribution in [-0.4, -0.2) is 15.9 Å². The van der Waals surface area contributed by atoms with Crippen LogP contribution in [-0.2, 0) is 20.1 Å². The zero-order valence-corrected chi connectivity index (χ0v) is 25.9. The van der Waals surface area contributed by atoms with Crippen molar-refractivity contribution in [2.45, 2.75) is 52.4 Å². The van der Waals surface area contributed by atoms with E-state index in [9.17, 15) is 4.79 Å². The molecule has 7 rings (SSSR count). The Bertz CT molecular complexity index is 1880. The fourth-order valence-electron chi connectivity index (χ4n) is 5.91. The van der Waals surface area contributed by atoms with E-state index >= 15 is 0 Å². The average Bonchev–Trinajstić information content (AvgIpc) is 3.61. The van der Waals surface area contributed by atoms with E-state index in [1.165, 1.54) is 60.6 Å². The molecule has 0 spiro atoms. The quantitative estimate of drug-likeness (QED) is 0.146. The van der Waals surface area contributed by atoms with Gasteiger partial charge in [-0.3, -0.25) is 4.79 Å². The van der Waals surface area contributed by atoms with Gasteiger partial charge in [-0.25, -0.2) is 0 Å². The number of ketones is 1. The third-order valence-electron chi connectivity index (χ3n) is 7.93. The Hall–Kier alpha value is -3.79. The van der Waals surface area contributed by atoms with Gasteiger partial charge >= 0.3 is 0 Å². The standard InChI is InChI=1S/C28H24NO.C8H8O2.Ir/c1-17-7-9-23-24-13-18(2)14-25(28(24)30-26(23)15-17)27-22-10-8-20(19-5-3-4-6-19)16-21(22)11-12-29-27;1-6(9)7-4-2-3-5-8(7)10;/h7-13,15-16,19H,3-6H2,1-2H3;2-5,10H,1H3;/q-1;;. The van der Waals surface area contributed by atoms with Crippen molar-refractivity contribution in [3.63, 3.8) is 0 Å². The Labute approximate surface area is 253 Å². The van der Waals surface area contributed by atoms with Crippen molar-refractivity contribution in [3.05, 3.63) is 107 Å². The number of benzene rings is 4. The molecule has 4 nitrogen and oxygen atoms in total. The van der Waals surface area contributed by atoms with Gasteiger partial charge in [0.15, 0.2) is 5.78 Å². The van der Waals surface area contributed by atoms with Gasteiger partial charge in [-0.1, -0.05) is 73.2 Å². The molecule has 0 aliphatic heterocycles. The minimum Gasteiger partial charge on any atom is -0.507 e. The maximum absolute atomic E-state index is 10.7. The van der Waals surface area contributed by atoms with E-state index in [1.54, 1.807) is 18.2 Å². The van der Waals surface area contributed by atoms with E-state index in [-0.39, 0.29) is 31.6 Å². The zero-order valence-electron chi connectivity index (χ0n) is 23.5. The average molecular weight is 719 g/mol. The first-order valence-electron chi connectivity index (χ1n) is 13.9. The minimum absolute atomic E-state index is 0. The molecule has 1 radical (unpaired) electrons. The van der Waals surface area contributed by atoms with Gasteiger partial charge in [0.1, 0.15) is 11.3 Å². The fraction of sp³-hybridized carbons (Fsp3) is 0.222. The first kappa shape index (κ1) is 28.7. The van der Waals surface area contributed by atoms with Crippen molar-refractivity contribution in [1.29, 1.82) is 0 Å². The molecule has 0 bridgehead atoms. The molecule has 0 atom stereocenters. The number of carbonyl (C=O) groups excluding carboxylic acids is 1. The summed E-state index contributed by atoms with van der Waals surface area (Å²) < 4.78 is 6.36. The normalized spacial score (nSPS) is 13.2. The Morgan fingerprint density at radius 3 is 2.41 bits per heavy atom. The van der Waals surface area contributed by atoms with E-state index in [0.29, 0.717) is 11.5 Å². The van der Waals surface area contributed by atoms with Crippen LogP contribution in [0.3, 0.4) is 0 Å². The number of nitrogens with zero attached hydrogens (tertiary/aromatic N) is 1. The Balaban J connectivity index is 0.000000263. The predicted molar refractivity (Wildman–Crippen MR) is 162 cm³/mol. The van der Waals surface area contributed by atoms with Crippen LogP contribution < -0.4 is 0 Å². The predicted octanol–water partition coefficient (Wildman–Crippen LogP) is 9.47. The molecule has 1 aliphatic rings.